The Morgan fingerprint density at radius 1 is 1.27 bits per heavy atom. The van der Waals surface area contributed by atoms with Gasteiger partial charge in [-0.25, -0.2) is 4.98 Å². The van der Waals surface area contributed by atoms with Crippen molar-refractivity contribution in [2.24, 2.45) is 0 Å². The Morgan fingerprint density at radius 3 is 2.53 bits per heavy atom. The molecule has 2 rings (SSSR count). The summed E-state index contributed by atoms with van der Waals surface area (Å²) >= 11 is 5.97. The minimum atomic E-state index is 0.341. The lowest BCUT2D eigenvalue weighted by molar-refractivity contribution is 1.31. The van der Waals surface area contributed by atoms with Crippen molar-refractivity contribution in [3.8, 4) is 11.3 Å². The zero-order valence-corrected chi connectivity index (χ0v) is 9.39. The predicted molar refractivity (Wildman–Crippen MR) is 62.9 cm³/mol. The normalized spacial score (nSPS) is 10.6. The van der Waals surface area contributed by atoms with Gasteiger partial charge < -0.3 is 10.7 Å². The van der Waals surface area contributed by atoms with E-state index in [0.29, 0.717) is 16.8 Å². The molecule has 3 N–H and O–H groups in total. The molecule has 0 atom stereocenters. The Bertz CT molecular complexity index is 503. The number of aryl methyl sites for hydroxylation is 2. The zero-order chi connectivity index (χ0) is 11.0. The smallest absolute Gasteiger partial charge is 0.199 e. The fourth-order valence-electron chi connectivity index (χ4n) is 1.45. The second-order valence-electron chi connectivity index (χ2n) is 3.58. The molecular formula is C11H12ClN3. The minimum Gasteiger partial charge on any atom is -0.369 e. The molecule has 2 aromatic rings. The molecule has 15 heavy (non-hydrogen) atoms. The van der Waals surface area contributed by atoms with Gasteiger partial charge in [-0.1, -0.05) is 23.7 Å². The highest BCUT2D eigenvalue weighted by atomic mass is 35.5. The quantitative estimate of drug-likeness (QED) is 0.778. The number of hydrogen-bond donors (Lipinski definition) is 2. The predicted octanol–water partition coefficient (Wildman–Crippen LogP) is 2.93. The number of nitrogens with zero attached hydrogens (tertiary/aromatic N) is 1. The maximum atomic E-state index is 5.97. The van der Waals surface area contributed by atoms with Crippen LogP contribution in [0.25, 0.3) is 11.3 Å². The van der Waals surface area contributed by atoms with E-state index < -0.39 is 0 Å². The number of nitrogens with two attached hydrogens (primary N) is 1. The summed E-state index contributed by atoms with van der Waals surface area (Å²) in [5.41, 5.74) is 9.68. The third-order valence-electron chi connectivity index (χ3n) is 2.46. The molecular weight excluding hydrogens is 210 g/mol. The van der Waals surface area contributed by atoms with E-state index in [9.17, 15) is 0 Å². The van der Waals surface area contributed by atoms with Crippen molar-refractivity contribution in [2.75, 3.05) is 5.73 Å². The number of hydrogen-bond acceptors (Lipinski definition) is 2. The third-order valence-corrected chi connectivity index (χ3v) is 2.73. The number of benzene rings is 1. The van der Waals surface area contributed by atoms with Gasteiger partial charge in [0, 0.05) is 5.56 Å². The number of nitrogens with one attached hydrogen (secondary N) is 1. The van der Waals surface area contributed by atoms with Gasteiger partial charge in [0.25, 0.3) is 0 Å². The van der Waals surface area contributed by atoms with Gasteiger partial charge in [0.15, 0.2) is 5.95 Å². The lowest BCUT2D eigenvalue weighted by atomic mass is 10.0. The standard InChI is InChI=1S/C11H12ClN3/c1-6-3-4-8(5-7(6)2)9-10(12)15-11(13)14-9/h3-5H,1-2H3,(H3,13,14,15). The van der Waals surface area contributed by atoms with E-state index in [1.165, 1.54) is 11.1 Å². The number of H-pyrrole nitrogens is 1. The van der Waals surface area contributed by atoms with E-state index in [1.54, 1.807) is 0 Å². The summed E-state index contributed by atoms with van der Waals surface area (Å²) < 4.78 is 0. The SMILES string of the molecule is Cc1ccc(-c2nc(N)[nH]c2Cl)cc1C. The first-order valence-electron chi connectivity index (χ1n) is 4.66. The number of aromatic amines is 1. The molecule has 0 saturated carbocycles. The summed E-state index contributed by atoms with van der Waals surface area (Å²) in [7, 11) is 0. The second-order valence-corrected chi connectivity index (χ2v) is 3.96. The summed E-state index contributed by atoms with van der Waals surface area (Å²) in [5.74, 6) is 0.341. The summed E-state index contributed by atoms with van der Waals surface area (Å²) in [6, 6.07) is 6.09. The Morgan fingerprint density at radius 2 is 2.00 bits per heavy atom. The van der Waals surface area contributed by atoms with E-state index in [4.69, 9.17) is 17.3 Å². The molecule has 0 unspecified atom stereocenters. The topological polar surface area (TPSA) is 54.7 Å². The van der Waals surface area contributed by atoms with Crippen LogP contribution in [0.5, 0.6) is 0 Å². The van der Waals surface area contributed by atoms with Crippen molar-refractivity contribution in [2.45, 2.75) is 13.8 Å². The molecule has 1 aromatic heterocycles. The Hall–Kier alpha value is -1.48. The Labute approximate surface area is 93.3 Å². The molecule has 4 heteroatoms. The van der Waals surface area contributed by atoms with Crippen LogP contribution in [0.3, 0.4) is 0 Å². The van der Waals surface area contributed by atoms with Crippen molar-refractivity contribution < 1.29 is 0 Å². The van der Waals surface area contributed by atoms with Crippen LogP contribution in [-0.2, 0) is 0 Å². The molecule has 0 bridgehead atoms. The number of imidazole rings is 1. The third kappa shape index (κ3) is 1.83. The van der Waals surface area contributed by atoms with Crippen LogP contribution in [0.2, 0.25) is 5.15 Å². The molecule has 0 fully saturated rings. The van der Waals surface area contributed by atoms with Crippen LogP contribution in [0.15, 0.2) is 18.2 Å². The molecule has 0 saturated heterocycles. The van der Waals surface area contributed by atoms with E-state index in [-0.39, 0.29) is 0 Å². The number of nitrogen functional groups attached to an aromatic ring is 1. The summed E-state index contributed by atoms with van der Waals surface area (Å²) in [4.78, 5) is 6.91. The van der Waals surface area contributed by atoms with Gasteiger partial charge in [0.1, 0.15) is 10.8 Å². The number of rotatable bonds is 1. The minimum absolute atomic E-state index is 0.341. The van der Waals surface area contributed by atoms with Gasteiger partial charge in [0.2, 0.25) is 0 Å². The first-order valence-corrected chi connectivity index (χ1v) is 5.04. The molecule has 0 spiro atoms. The molecule has 1 heterocycles. The number of aromatic nitrogens is 2. The fraction of sp³-hybridized carbons (Fsp3) is 0.182. The number of halogens is 1. The molecule has 0 radical (unpaired) electrons. The summed E-state index contributed by atoms with van der Waals surface area (Å²) in [5, 5.41) is 0.482. The maximum absolute atomic E-state index is 5.97. The molecule has 3 nitrogen and oxygen atoms in total. The first-order chi connectivity index (χ1) is 7.08. The van der Waals surface area contributed by atoms with E-state index in [1.807, 2.05) is 12.1 Å². The maximum Gasteiger partial charge on any atom is 0.199 e. The van der Waals surface area contributed by atoms with Crippen molar-refractivity contribution >= 4 is 17.5 Å². The lowest BCUT2D eigenvalue weighted by Crippen LogP contribution is -1.86. The van der Waals surface area contributed by atoms with Crippen molar-refractivity contribution in [1.29, 1.82) is 0 Å². The Balaban J connectivity index is 2.54. The van der Waals surface area contributed by atoms with Crippen LogP contribution in [0.1, 0.15) is 11.1 Å². The van der Waals surface area contributed by atoms with Crippen molar-refractivity contribution in [3.63, 3.8) is 0 Å². The van der Waals surface area contributed by atoms with Gasteiger partial charge in [-0.15, -0.1) is 0 Å². The molecule has 0 aliphatic heterocycles. The van der Waals surface area contributed by atoms with Crippen LogP contribution in [-0.4, -0.2) is 9.97 Å². The molecule has 0 aliphatic rings. The number of anilines is 1. The van der Waals surface area contributed by atoms with Gasteiger partial charge in [-0.2, -0.15) is 0 Å². The highest BCUT2D eigenvalue weighted by Crippen LogP contribution is 2.27. The van der Waals surface area contributed by atoms with Gasteiger partial charge in [-0.05, 0) is 31.0 Å². The van der Waals surface area contributed by atoms with E-state index >= 15 is 0 Å². The highest BCUT2D eigenvalue weighted by molar-refractivity contribution is 6.32. The summed E-state index contributed by atoms with van der Waals surface area (Å²) in [6.45, 7) is 4.13. The van der Waals surface area contributed by atoms with E-state index in [2.05, 4.69) is 29.9 Å². The van der Waals surface area contributed by atoms with Crippen LogP contribution < -0.4 is 5.73 Å². The molecule has 1 aromatic carbocycles. The van der Waals surface area contributed by atoms with Gasteiger partial charge in [-0.3, -0.25) is 0 Å². The molecule has 0 amide bonds. The fourth-order valence-corrected chi connectivity index (χ4v) is 1.70. The zero-order valence-electron chi connectivity index (χ0n) is 8.63. The molecule has 0 aliphatic carbocycles. The van der Waals surface area contributed by atoms with Crippen LogP contribution in [0.4, 0.5) is 5.95 Å². The van der Waals surface area contributed by atoms with Crippen molar-refractivity contribution in [3.05, 3.63) is 34.5 Å². The van der Waals surface area contributed by atoms with Crippen LogP contribution in [0, 0.1) is 13.8 Å². The summed E-state index contributed by atoms with van der Waals surface area (Å²) in [6.07, 6.45) is 0. The first kappa shape index (κ1) is 10.1. The van der Waals surface area contributed by atoms with E-state index in [0.717, 1.165) is 5.56 Å². The van der Waals surface area contributed by atoms with Crippen LogP contribution >= 0.6 is 11.6 Å². The van der Waals surface area contributed by atoms with Gasteiger partial charge >= 0.3 is 0 Å². The Kier molecular flexibility index (Phi) is 2.40. The van der Waals surface area contributed by atoms with Gasteiger partial charge in [0.05, 0.1) is 0 Å². The lowest BCUT2D eigenvalue weighted by Gasteiger charge is -2.02. The van der Waals surface area contributed by atoms with Crippen molar-refractivity contribution in [1.82, 2.24) is 9.97 Å². The monoisotopic (exact) mass is 221 g/mol. The highest BCUT2D eigenvalue weighted by Gasteiger charge is 2.09. The second kappa shape index (κ2) is 3.59. The average molecular weight is 222 g/mol. The molecule has 78 valence electrons. The largest absolute Gasteiger partial charge is 0.369 e. The average Bonchev–Trinajstić information content (AvgIpc) is 2.50.